The second-order valence-electron chi connectivity index (χ2n) is 4.39. The maximum absolute atomic E-state index is 5.70. The topological polar surface area (TPSA) is 61.0 Å². The Morgan fingerprint density at radius 1 is 1.53 bits per heavy atom. The molecule has 0 bridgehead atoms. The van der Waals surface area contributed by atoms with Crippen LogP contribution in [-0.4, -0.2) is 22.0 Å². The summed E-state index contributed by atoms with van der Waals surface area (Å²) in [7, 11) is 0. The van der Waals surface area contributed by atoms with Crippen LogP contribution in [-0.2, 0) is 0 Å². The van der Waals surface area contributed by atoms with Gasteiger partial charge in [-0.3, -0.25) is 0 Å². The zero-order chi connectivity index (χ0) is 10.8. The Hall–Kier alpha value is -0.680. The third-order valence-corrected chi connectivity index (χ3v) is 3.35. The molecule has 0 radical (unpaired) electrons. The Labute approximate surface area is 94.0 Å². The minimum atomic E-state index is 0.312. The van der Waals surface area contributed by atoms with E-state index in [-0.39, 0.29) is 0 Å². The standard InChI is InChI=1S/C10H17N3OS/c1-6(2)9-12-10(15-13-9)14-8-3-7(4-8)5-11/h6-8H,3-5,11H2,1-2H3. The molecule has 5 heteroatoms. The van der Waals surface area contributed by atoms with Crippen LogP contribution in [0.3, 0.4) is 0 Å². The highest BCUT2D eigenvalue weighted by molar-refractivity contribution is 7.07. The van der Waals surface area contributed by atoms with Crippen molar-refractivity contribution in [2.75, 3.05) is 6.54 Å². The molecule has 0 atom stereocenters. The lowest BCUT2D eigenvalue weighted by Crippen LogP contribution is -2.37. The molecule has 0 spiro atoms. The van der Waals surface area contributed by atoms with Crippen molar-refractivity contribution in [2.45, 2.75) is 38.7 Å². The Morgan fingerprint density at radius 3 is 2.80 bits per heavy atom. The molecule has 0 amide bonds. The van der Waals surface area contributed by atoms with E-state index in [4.69, 9.17) is 10.5 Å². The van der Waals surface area contributed by atoms with Crippen LogP contribution >= 0.6 is 11.5 Å². The van der Waals surface area contributed by atoms with Crippen LogP contribution in [0.15, 0.2) is 0 Å². The third-order valence-electron chi connectivity index (χ3n) is 2.73. The van der Waals surface area contributed by atoms with Gasteiger partial charge in [-0.25, -0.2) is 0 Å². The van der Waals surface area contributed by atoms with Crippen LogP contribution in [0, 0.1) is 5.92 Å². The van der Waals surface area contributed by atoms with Crippen molar-refractivity contribution < 1.29 is 4.74 Å². The monoisotopic (exact) mass is 227 g/mol. The van der Waals surface area contributed by atoms with E-state index in [1.54, 1.807) is 0 Å². The highest BCUT2D eigenvalue weighted by Gasteiger charge is 2.30. The van der Waals surface area contributed by atoms with Crippen LogP contribution in [0.2, 0.25) is 0 Å². The van der Waals surface area contributed by atoms with Crippen LogP contribution in [0.1, 0.15) is 38.4 Å². The van der Waals surface area contributed by atoms with Crippen LogP contribution in [0.4, 0.5) is 0 Å². The highest BCUT2D eigenvalue weighted by Crippen LogP contribution is 2.31. The number of aromatic nitrogens is 2. The van der Waals surface area contributed by atoms with Gasteiger partial charge in [0, 0.05) is 17.5 Å². The van der Waals surface area contributed by atoms with Crippen molar-refractivity contribution in [1.82, 2.24) is 9.36 Å². The Morgan fingerprint density at radius 2 is 2.27 bits per heavy atom. The van der Waals surface area contributed by atoms with Gasteiger partial charge in [0.25, 0.3) is 5.19 Å². The van der Waals surface area contributed by atoms with Crippen molar-refractivity contribution in [3.63, 3.8) is 0 Å². The second-order valence-corrected chi connectivity index (χ2v) is 5.10. The molecular formula is C10H17N3OS. The van der Waals surface area contributed by atoms with E-state index in [0.717, 1.165) is 25.2 Å². The first-order valence-corrected chi connectivity index (χ1v) is 6.16. The molecule has 0 aromatic carbocycles. The normalized spacial score (nSPS) is 25.3. The van der Waals surface area contributed by atoms with Gasteiger partial charge < -0.3 is 10.5 Å². The average molecular weight is 227 g/mol. The van der Waals surface area contributed by atoms with Gasteiger partial charge in [-0.2, -0.15) is 9.36 Å². The first kappa shape index (κ1) is 10.8. The first-order valence-electron chi connectivity index (χ1n) is 5.39. The molecular weight excluding hydrogens is 210 g/mol. The number of ether oxygens (including phenoxy) is 1. The number of nitrogens with two attached hydrogens (primary N) is 1. The zero-order valence-electron chi connectivity index (χ0n) is 9.14. The maximum atomic E-state index is 5.70. The lowest BCUT2D eigenvalue weighted by atomic mass is 9.82. The summed E-state index contributed by atoms with van der Waals surface area (Å²) < 4.78 is 9.95. The Bertz CT molecular complexity index is 320. The second kappa shape index (κ2) is 4.45. The van der Waals surface area contributed by atoms with Crippen LogP contribution in [0.25, 0.3) is 0 Å². The fourth-order valence-electron chi connectivity index (χ4n) is 1.61. The molecule has 4 nitrogen and oxygen atoms in total. The van der Waals surface area contributed by atoms with E-state index < -0.39 is 0 Å². The summed E-state index contributed by atoms with van der Waals surface area (Å²) in [6.07, 6.45) is 2.44. The largest absolute Gasteiger partial charge is 0.466 e. The predicted octanol–water partition coefficient (Wildman–Crippen LogP) is 1.78. The van der Waals surface area contributed by atoms with E-state index >= 15 is 0 Å². The summed E-state index contributed by atoms with van der Waals surface area (Å²) >= 11 is 1.35. The average Bonchev–Trinajstić information content (AvgIpc) is 2.58. The SMILES string of the molecule is CC(C)c1nsc(OC2CC(CN)C2)n1. The zero-order valence-corrected chi connectivity index (χ0v) is 9.96. The van der Waals surface area contributed by atoms with Gasteiger partial charge in [0.15, 0.2) is 0 Å². The van der Waals surface area contributed by atoms with E-state index in [0.29, 0.717) is 23.1 Å². The van der Waals surface area contributed by atoms with Crippen molar-refractivity contribution >= 4 is 11.5 Å². The minimum Gasteiger partial charge on any atom is -0.466 e. The predicted molar refractivity (Wildman–Crippen MR) is 60.2 cm³/mol. The van der Waals surface area contributed by atoms with Crippen LogP contribution in [0.5, 0.6) is 5.19 Å². The molecule has 1 aliphatic carbocycles. The van der Waals surface area contributed by atoms with Gasteiger partial charge in [0.1, 0.15) is 11.9 Å². The summed E-state index contributed by atoms with van der Waals surface area (Å²) in [6.45, 7) is 4.94. The molecule has 15 heavy (non-hydrogen) atoms. The number of nitrogens with zero attached hydrogens (tertiary/aromatic N) is 2. The van der Waals surface area contributed by atoms with Gasteiger partial charge >= 0.3 is 0 Å². The van der Waals surface area contributed by atoms with Gasteiger partial charge in [0.05, 0.1) is 0 Å². The van der Waals surface area contributed by atoms with E-state index in [1.165, 1.54) is 11.5 Å². The van der Waals surface area contributed by atoms with Gasteiger partial charge in [-0.1, -0.05) is 13.8 Å². The molecule has 1 heterocycles. The van der Waals surface area contributed by atoms with Gasteiger partial charge in [-0.05, 0) is 25.3 Å². The molecule has 1 saturated carbocycles. The van der Waals surface area contributed by atoms with E-state index in [9.17, 15) is 0 Å². The molecule has 0 unspecified atom stereocenters. The molecule has 2 N–H and O–H groups in total. The molecule has 2 rings (SSSR count). The highest BCUT2D eigenvalue weighted by atomic mass is 32.1. The number of hydrogen-bond donors (Lipinski definition) is 1. The number of rotatable bonds is 4. The maximum Gasteiger partial charge on any atom is 0.293 e. The fraction of sp³-hybridized carbons (Fsp3) is 0.800. The van der Waals surface area contributed by atoms with Crippen molar-refractivity contribution in [3.05, 3.63) is 5.82 Å². The quantitative estimate of drug-likeness (QED) is 0.851. The molecule has 0 aliphatic heterocycles. The summed E-state index contributed by atoms with van der Waals surface area (Å²) in [5.41, 5.74) is 5.55. The minimum absolute atomic E-state index is 0.312. The van der Waals surface area contributed by atoms with Crippen molar-refractivity contribution in [3.8, 4) is 5.19 Å². The van der Waals surface area contributed by atoms with Crippen LogP contribution < -0.4 is 10.5 Å². The Kier molecular flexibility index (Phi) is 3.21. The first-order chi connectivity index (χ1) is 7.19. The summed E-state index contributed by atoms with van der Waals surface area (Å²) in [5.74, 6) is 1.90. The summed E-state index contributed by atoms with van der Waals surface area (Å²) in [5, 5.41) is 0.708. The molecule has 84 valence electrons. The van der Waals surface area contributed by atoms with E-state index in [2.05, 4.69) is 23.2 Å². The van der Waals surface area contributed by atoms with Crippen molar-refractivity contribution in [2.24, 2.45) is 11.7 Å². The lowest BCUT2D eigenvalue weighted by molar-refractivity contribution is 0.0686. The van der Waals surface area contributed by atoms with Gasteiger partial charge in [0.2, 0.25) is 0 Å². The van der Waals surface area contributed by atoms with E-state index in [1.807, 2.05) is 0 Å². The summed E-state index contributed by atoms with van der Waals surface area (Å²) in [4.78, 5) is 4.34. The molecule has 1 aliphatic rings. The molecule has 1 aromatic rings. The molecule has 1 fully saturated rings. The fourth-order valence-corrected chi connectivity index (χ4v) is 2.35. The Balaban J connectivity index is 1.84. The van der Waals surface area contributed by atoms with Gasteiger partial charge in [-0.15, -0.1) is 0 Å². The smallest absolute Gasteiger partial charge is 0.293 e. The lowest BCUT2D eigenvalue weighted by Gasteiger charge is -2.33. The molecule has 1 aromatic heterocycles. The third kappa shape index (κ3) is 2.46. The molecule has 0 saturated heterocycles. The number of hydrogen-bond acceptors (Lipinski definition) is 5. The summed E-state index contributed by atoms with van der Waals surface area (Å²) in [6, 6.07) is 0. The van der Waals surface area contributed by atoms with Crippen molar-refractivity contribution in [1.29, 1.82) is 0 Å².